The van der Waals surface area contributed by atoms with Crippen molar-refractivity contribution in [1.29, 1.82) is 0 Å². The molecule has 0 aliphatic rings. The predicted molar refractivity (Wildman–Crippen MR) is 76.2 cm³/mol. The van der Waals surface area contributed by atoms with E-state index in [1.807, 2.05) is 0 Å². The minimum absolute atomic E-state index is 0.215. The van der Waals surface area contributed by atoms with Crippen LogP contribution in [0.1, 0.15) is 39.2 Å². The van der Waals surface area contributed by atoms with Crippen molar-refractivity contribution in [2.24, 2.45) is 0 Å². The summed E-state index contributed by atoms with van der Waals surface area (Å²) < 4.78 is 32.0. The van der Waals surface area contributed by atoms with Crippen LogP contribution in [0.3, 0.4) is 0 Å². The van der Waals surface area contributed by atoms with Crippen molar-refractivity contribution < 1.29 is 22.1 Å². The van der Waals surface area contributed by atoms with Gasteiger partial charge in [0, 0.05) is 0 Å². The zero-order valence-corrected chi connectivity index (χ0v) is 13.2. The first kappa shape index (κ1) is 16.5. The fourth-order valence-corrected chi connectivity index (χ4v) is 1.97. The monoisotopic (exact) mass is 300 g/mol. The van der Waals surface area contributed by atoms with Gasteiger partial charge in [0.05, 0.1) is 12.2 Å². The lowest BCUT2D eigenvalue weighted by Crippen LogP contribution is -2.26. The van der Waals surface area contributed by atoms with Gasteiger partial charge in [-0.05, 0) is 45.4 Å². The molecular formula is C14H20O5S. The molecule has 1 unspecified atom stereocenters. The van der Waals surface area contributed by atoms with E-state index in [0.29, 0.717) is 0 Å². The van der Waals surface area contributed by atoms with Gasteiger partial charge in [-0.2, -0.15) is 8.42 Å². The highest BCUT2D eigenvalue weighted by atomic mass is 32.2. The van der Waals surface area contributed by atoms with Crippen molar-refractivity contribution in [3.63, 3.8) is 0 Å². The molecule has 0 aliphatic heterocycles. The minimum atomic E-state index is -3.54. The minimum Gasteiger partial charge on any atom is -0.460 e. The number of rotatable bonds is 4. The molecule has 0 bridgehead atoms. The van der Waals surface area contributed by atoms with Crippen LogP contribution < -0.4 is 4.18 Å². The Hall–Kier alpha value is -1.56. The van der Waals surface area contributed by atoms with Crippen molar-refractivity contribution in [2.45, 2.75) is 39.2 Å². The fraction of sp³-hybridized carbons (Fsp3) is 0.500. The van der Waals surface area contributed by atoms with E-state index in [0.717, 1.165) is 11.8 Å². The molecule has 1 aromatic rings. The summed E-state index contributed by atoms with van der Waals surface area (Å²) in [7, 11) is -3.54. The van der Waals surface area contributed by atoms with Gasteiger partial charge in [-0.15, -0.1) is 0 Å². The summed E-state index contributed by atoms with van der Waals surface area (Å²) in [6.45, 7) is 7.16. The zero-order chi connectivity index (χ0) is 15.6. The molecule has 1 atom stereocenters. The van der Waals surface area contributed by atoms with Crippen molar-refractivity contribution in [3.8, 4) is 5.75 Å². The van der Waals surface area contributed by atoms with Crippen LogP contribution in [-0.2, 0) is 19.6 Å². The number of carbonyl (C=O) groups is 1. The third kappa shape index (κ3) is 5.61. The highest BCUT2D eigenvalue weighted by molar-refractivity contribution is 7.86. The van der Waals surface area contributed by atoms with Gasteiger partial charge in [0.15, 0.2) is 0 Å². The van der Waals surface area contributed by atoms with E-state index in [9.17, 15) is 13.2 Å². The lowest BCUT2D eigenvalue weighted by atomic mass is 10.0. The Bertz CT molecular complexity index is 567. The van der Waals surface area contributed by atoms with Gasteiger partial charge in [0.1, 0.15) is 11.4 Å². The number of benzene rings is 1. The predicted octanol–water partition coefficient (Wildman–Crippen LogP) is 2.47. The second-order valence-corrected chi connectivity index (χ2v) is 7.19. The van der Waals surface area contributed by atoms with Gasteiger partial charge in [-0.1, -0.05) is 12.1 Å². The third-order valence-electron chi connectivity index (χ3n) is 2.39. The van der Waals surface area contributed by atoms with E-state index >= 15 is 0 Å². The lowest BCUT2D eigenvalue weighted by Gasteiger charge is -2.22. The van der Waals surface area contributed by atoms with Gasteiger partial charge in [-0.25, -0.2) is 0 Å². The van der Waals surface area contributed by atoms with E-state index in [1.165, 1.54) is 12.1 Å². The molecule has 112 valence electrons. The molecule has 0 aliphatic carbocycles. The first-order valence-corrected chi connectivity index (χ1v) is 8.02. The van der Waals surface area contributed by atoms with Crippen LogP contribution in [0, 0.1) is 0 Å². The zero-order valence-electron chi connectivity index (χ0n) is 12.3. The Morgan fingerprint density at radius 2 is 1.65 bits per heavy atom. The second kappa shape index (κ2) is 5.83. The topological polar surface area (TPSA) is 69.7 Å². The number of ether oxygens (including phenoxy) is 1. The van der Waals surface area contributed by atoms with Crippen LogP contribution in [0.2, 0.25) is 0 Å². The maximum Gasteiger partial charge on any atom is 0.313 e. The largest absolute Gasteiger partial charge is 0.460 e. The van der Waals surface area contributed by atoms with Gasteiger partial charge in [0.25, 0.3) is 0 Å². The van der Waals surface area contributed by atoms with Crippen LogP contribution in [0.5, 0.6) is 5.75 Å². The summed E-state index contributed by atoms with van der Waals surface area (Å²) in [4.78, 5) is 11.9. The van der Waals surface area contributed by atoms with Crippen molar-refractivity contribution in [3.05, 3.63) is 29.8 Å². The van der Waals surface area contributed by atoms with Gasteiger partial charge >= 0.3 is 16.1 Å². The normalized spacial score (nSPS) is 13.7. The van der Waals surface area contributed by atoms with E-state index in [1.54, 1.807) is 39.8 Å². The van der Waals surface area contributed by atoms with Crippen molar-refractivity contribution in [2.75, 3.05) is 6.26 Å². The fourth-order valence-electron chi connectivity index (χ4n) is 1.51. The molecule has 6 heteroatoms. The van der Waals surface area contributed by atoms with Crippen LogP contribution >= 0.6 is 0 Å². The number of esters is 1. The van der Waals surface area contributed by atoms with Gasteiger partial charge < -0.3 is 8.92 Å². The maximum atomic E-state index is 11.9. The number of hydrogen-bond donors (Lipinski definition) is 0. The molecule has 1 rings (SSSR count). The molecule has 0 saturated heterocycles. The molecule has 5 nitrogen and oxygen atoms in total. The van der Waals surface area contributed by atoms with Gasteiger partial charge in [-0.3, -0.25) is 4.79 Å². The molecule has 20 heavy (non-hydrogen) atoms. The Labute approximate surface area is 120 Å². The Balaban J connectivity index is 2.80. The molecule has 0 spiro atoms. The molecule has 0 radical (unpaired) electrons. The highest BCUT2D eigenvalue weighted by Crippen LogP contribution is 2.23. The smallest absolute Gasteiger partial charge is 0.313 e. The molecule has 0 heterocycles. The van der Waals surface area contributed by atoms with Crippen LogP contribution in [-0.4, -0.2) is 26.2 Å². The molecule has 0 saturated carbocycles. The van der Waals surface area contributed by atoms with E-state index in [2.05, 4.69) is 0 Å². The van der Waals surface area contributed by atoms with Crippen molar-refractivity contribution >= 4 is 16.1 Å². The molecule has 0 fully saturated rings. The molecule has 0 N–H and O–H groups in total. The number of hydrogen-bond acceptors (Lipinski definition) is 5. The second-order valence-electron chi connectivity index (χ2n) is 5.61. The quantitative estimate of drug-likeness (QED) is 0.631. The summed E-state index contributed by atoms with van der Waals surface area (Å²) in [5.74, 6) is -0.538. The summed E-state index contributed by atoms with van der Waals surface area (Å²) in [5.41, 5.74) is 0.199. The molecule has 0 aromatic heterocycles. The first-order chi connectivity index (χ1) is 8.98. The summed E-state index contributed by atoms with van der Waals surface area (Å²) in [6.07, 6.45) is 0.976. The summed E-state index contributed by atoms with van der Waals surface area (Å²) >= 11 is 0. The SMILES string of the molecule is CC(C(=O)OC(C)(C)C)c1ccc(OS(C)(=O)=O)cc1. The maximum absolute atomic E-state index is 11.9. The molecular weight excluding hydrogens is 280 g/mol. The van der Waals surface area contributed by atoms with Crippen LogP contribution in [0.4, 0.5) is 0 Å². The molecule has 1 aromatic carbocycles. The Morgan fingerprint density at radius 1 is 1.15 bits per heavy atom. The van der Waals surface area contributed by atoms with Crippen LogP contribution in [0.15, 0.2) is 24.3 Å². The Morgan fingerprint density at radius 3 is 2.05 bits per heavy atom. The first-order valence-electron chi connectivity index (χ1n) is 6.20. The highest BCUT2D eigenvalue weighted by Gasteiger charge is 2.22. The molecule has 0 amide bonds. The van der Waals surface area contributed by atoms with E-state index in [4.69, 9.17) is 8.92 Å². The standard InChI is InChI=1S/C14H20O5S/c1-10(13(15)18-14(2,3)4)11-6-8-12(9-7-11)19-20(5,16)17/h6-10H,1-5H3. The average Bonchev–Trinajstić information content (AvgIpc) is 2.24. The summed E-state index contributed by atoms with van der Waals surface area (Å²) in [6, 6.07) is 6.32. The van der Waals surface area contributed by atoms with Crippen molar-refractivity contribution in [1.82, 2.24) is 0 Å². The summed E-state index contributed by atoms with van der Waals surface area (Å²) in [5, 5.41) is 0. The number of carbonyl (C=O) groups excluding carboxylic acids is 1. The Kier molecular flexibility index (Phi) is 4.81. The van der Waals surface area contributed by atoms with E-state index < -0.39 is 21.6 Å². The lowest BCUT2D eigenvalue weighted by molar-refractivity contribution is -0.156. The van der Waals surface area contributed by atoms with E-state index in [-0.39, 0.29) is 11.7 Å². The average molecular weight is 300 g/mol. The van der Waals surface area contributed by atoms with Gasteiger partial charge in [0.2, 0.25) is 0 Å². The third-order valence-corrected chi connectivity index (χ3v) is 2.88. The van der Waals surface area contributed by atoms with Crippen LogP contribution in [0.25, 0.3) is 0 Å².